The molecule has 1 aliphatic rings. The zero-order valence-electron chi connectivity index (χ0n) is 8.19. The van der Waals surface area contributed by atoms with Crippen molar-refractivity contribution in [2.45, 2.75) is 51.9 Å². The van der Waals surface area contributed by atoms with Gasteiger partial charge in [0.05, 0.1) is 0 Å². The van der Waals surface area contributed by atoms with Crippen LogP contribution < -0.4 is 0 Å². The van der Waals surface area contributed by atoms with E-state index < -0.39 is 0 Å². The van der Waals surface area contributed by atoms with Gasteiger partial charge in [-0.05, 0) is 18.3 Å². The van der Waals surface area contributed by atoms with Crippen LogP contribution in [0.1, 0.15) is 51.9 Å². The summed E-state index contributed by atoms with van der Waals surface area (Å²) in [6, 6.07) is 0. The molecule has 1 saturated carbocycles. The standard InChI is InChI=1S/C11H21Br/c1-10(9-12)8-11-6-4-2-3-5-7-11/h10-11H,2-9H2,1H3. The highest BCUT2D eigenvalue weighted by Gasteiger charge is 2.14. The number of hydrogen-bond acceptors (Lipinski definition) is 0. The minimum Gasteiger partial charge on any atom is -0.0925 e. The third-order valence-electron chi connectivity index (χ3n) is 2.97. The summed E-state index contributed by atoms with van der Waals surface area (Å²) in [6.07, 6.45) is 10.4. The maximum absolute atomic E-state index is 3.56. The average Bonchev–Trinajstić information content (AvgIpc) is 2.33. The van der Waals surface area contributed by atoms with Crippen molar-refractivity contribution in [1.29, 1.82) is 0 Å². The zero-order valence-corrected chi connectivity index (χ0v) is 9.78. The van der Waals surface area contributed by atoms with Gasteiger partial charge in [0.2, 0.25) is 0 Å². The molecule has 0 saturated heterocycles. The van der Waals surface area contributed by atoms with Crippen LogP contribution in [-0.4, -0.2) is 5.33 Å². The molecule has 1 fully saturated rings. The van der Waals surface area contributed by atoms with Crippen molar-refractivity contribution in [3.63, 3.8) is 0 Å². The Hall–Kier alpha value is 0.480. The van der Waals surface area contributed by atoms with E-state index in [9.17, 15) is 0 Å². The van der Waals surface area contributed by atoms with Gasteiger partial charge >= 0.3 is 0 Å². The molecule has 72 valence electrons. The SMILES string of the molecule is CC(CBr)CC1CCCCCC1. The molecule has 0 radical (unpaired) electrons. The molecule has 0 aliphatic heterocycles. The van der Waals surface area contributed by atoms with Crippen molar-refractivity contribution < 1.29 is 0 Å². The Morgan fingerprint density at radius 1 is 1.17 bits per heavy atom. The van der Waals surface area contributed by atoms with Gasteiger partial charge in [-0.2, -0.15) is 0 Å². The Kier molecular flexibility index (Phi) is 5.29. The normalized spacial score (nSPS) is 23.5. The van der Waals surface area contributed by atoms with Gasteiger partial charge in [-0.1, -0.05) is 61.4 Å². The summed E-state index contributed by atoms with van der Waals surface area (Å²) in [5.74, 6) is 1.92. The third kappa shape index (κ3) is 3.93. The van der Waals surface area contributed by atoms with E-state index in [1.807, 2.05) is 0 Å². The van der Waals surface area contributed by atoms with Gasteiger partial charge in [-0.3, -0.25) is 0 Å². The van der Waals surface area contributed by atoms with Crippen LogP contribution in [0.25, 0.3) is 0 Å². The molecule has 0 spiro atoms. The lowest BCUT2D eigenvalue weighted by Gasteiger charge is -2.17. The number of alkyl halides is 1. The van der Waals surface area contributed by atoms with Crippen molar-refractivity contribution in [3.05, 3.63) is 0 Å². The topological polar surface area (TPSA) is 0 Å². The van der Waals surface area contributed by atoms with Crippen LogP contribution in [0.5, 0.6) is 0 Å². The molecular weight excluding hydrogens is 212 g/mol. The lowest BCUT2D eigenvalue weighted by molar-refractivity contribution is 0.374. The van der Waals surface area contributed by atoms with Crippen molar-refractivity contribution in [2.24, 2.45) is 11.8 Å². The minimum absolute atomic E-state index is 0.882. The molecule has 0 amide bonds. The predicted molar refractivity (Wildman–Crippen MR) is 58.8 cm³/mol. The highest BCUT2D eigenvalue weighted by atomic mass is 79.9. The van der Waals surface area contributed by atoms with Gasteiger partial charge in [-0.25, -0.2) is 0 Å². The Morgan fingerprint density at radius 3 is 2.25 bits per heavy atom. The monoisotopic (exact) mass is 232 g/mol. The number of hydrogen-bond donors (Lipinski definition) is 0. The molecule has 12 heavy (non-hydrogen) atoms. The van der Waals surface area contributed by atoms with Crippen molar-refractivity contribution in [2.75, 3.05) is 5.33 Å². The van der Waals surface area contributed by atoms with Crippen molar-refractivity contribution in [3.8, 4) is 0 Å². The second kappa shape index (κ2) is 6.01. The lowest BCUT2D eigenvalue weighted by atomic mass is 9.91. The first-order chi connectivity index (χ1) is 5.83. The Morgan fingerprint density at radius 2 is 1.75 bits per heavy atom. The average molecular weight is 233 g/mol. The molecule has 0 aromatic carbocycles. The molecular formula is C11H21Br. The van der Waals surface area contributed by atoms with E-state index in [1.54, 1.807) is 0 Å². The fraction of sp³-hybridized carbons (Fsp3) is 1.00. The summed E-state index contributed by atoms with van der Waals surface area (Å²) in [4.78, 5) is 0. The highest BCUT2D eigenvalue weighted by Crippen LogP contribution is 2.28. The Labute approximate surface area is 85.3 Å². The second-order valence-corrected chi connectivity index (χ2v) is 5.00. The molecule has 0 N–H and O–H groups in total. The Balaban J connectivity index is 2.20. The summed E-state index contributed by atoms with van der Waals surface area (Å²) in [5, 5.41) is 1.18. The van der Waals surface area contributed by atoms with Crippen LogP contribution in [0, 0.1) is 11.8 Å². The van der Waals surface area contributed by atoms with Crippen LogP contribution in [0.4, 0.5) is 0 Å². The van der Waals surface area contributed by atoms with Gasteiger partial charge in [0, 0.05) is 5.33 Å². The van der Waals surface area contributed by atoms with Gasteiger partial charge in [-0.15, -0.1) is 0 Å². The van der Waals surface area contributed by atoms with Crippen LogP contribution in [0.2, 0.25) is 0 Å². The highest BCUT2D eigenvalue weighted by molar-refractivity contribution is 9.09. The Bertz CT molecular complexity index is 104. The summed E-state index contributed by atoms with van der Waals surface area (Å²) in [7, 11) is 0. The van der Waals surface area contributed by atoms with E-state index >= 15 is 0 Å². The first-order valence-electron chi connectivity index (χ1n) is 5.39. The molecule has 1 unspecified atom stereocenters. The van der Waals surface area contributed by atoms with Crippen molar-refractivity contribution in [1.82, 2.24) is 0 Å². The molecule has 1 rings (SSSR count). The third-order valence-corrected chi connectivity index (χ3v) is 4.08. The van der Waals surface area contributed by atoms with E-state index in [4.69, 9.17) is 0 Å². The van der Waals surface area contributed by atoms with E-state index in [0.717, 1.165) is 11.8 Å². The molecule has 0 aromatic heterocycles. The maximum Gasteiger partial charge on any atom is 0.00571 e. The van der Waals surface area contributed by atoms with E-state index in [-0.39, 0.29) is 0 Å². The summed E-state index contributed by atoms with van der Waals surface area (Å²) in [5.41, 5.74) is 0. The molecule has 0 nitrogen and oxygen atoms in total. The first-order valence-corrected chi connectivity index (χ1v) is 6.51. The summed E-state index contributed by atoms with van der Waals surface area (Å²) in [6.45, 7) is 2.36. The largest absolute Gasteiger partial charge is 0.0925 e. The van der Waals surface area contributed by atoms with Crippen molar-refractivity contribution >= 4 is 15.9 Å². The van der Waals surface area contributed by atoms with Crippen LogP contribution in [-0.2, 0) is 0 Å². The summed E-state index contributed by atoms with van der Waals surface area (Å²) >= 11 is 3.56. The minimum atomic E-state index is 0.882. The predicted octanol–water partition coefficient (Wildman–Crippen LogP) is 4.38. The second-order valence-electron chi connectivity index (χ2n) is 4.35. The quantitative estimate of drug-likeness (QED) is 0.501. The summed E-state index contributed by atoms with van der Waals surface area (Å²) < 4.78 is 0. The van der Waals surface area contributed by atoms with E-state index in [1.165, 1.54) is 50.3 Å². The van der Waals surface area contributed by atoms with Crippen LogP contribution in [0.3, 0.4) is 0 Å². The fourth-order valence-corrected chi connectivity index (χ4v) is 2.50. The molecule has 1 heteroatoms. The zero-order chi connectivity index (χ0) is 8.81. The lowest BCUT2D eigenvalue weighted by Crippen LogP contribution is -2.06. The smallest absolute Gasteiger partial charge is 0.00571 e. The molecule has 1 atom stereocenters. The molecule has 0 bridgehead atoms. The van der Waals surface area contributed by atoms with Crippen LogP contribution >= 0.6 is 15.9 Å². The van der Waals surface area contributed by atoms with E-state index in [0.29, 0.717) is 0 Å². The maximum atomic E-state index is 3.56. The first kappa shape index (κ1) is 10.6. The van der Waals surface area contributed by atoms with Crippen LogP contribution in [0.15, 0.2) is 0 Å². The van der Waals surface area contributed by atoms with E-state index in [2.05, 4.69) is 22.9 Å². The van der Waals surface area contributed by atoms with Gasteiger partial charge in [0.15, 0.2) is 0 Å². The molecule has 0 aromatic rings. The molecule has 0 heterocycles. The number of halogens is 1. The molecule has 1 aliphatic carbocycles. The fourth-order valence-electron chi connectivity index (χ4n) is 2.23. The van der Waals surface area contributed by atoms with Gasteiger partial charge < -0.3 is 0 Å². The number of rotatable bonds is 3. The van der Waals surface area contributed by atoms with Gasteiger partial charge in [0.1, 0.15) is 0 Å². The van der Waals surface area contributed by atoms with Gasteiger partial charge in [0.25, 0.3) is 0 Å².